The van der Waals surface area contributed by atoms with Gasteiger partial charge < -0.3 is 0 Å². The highest BCUT2D eigenvalue weighted by molar-refractivity contribution is 7.99. The molecule has 1 saturated carbocycles. The zero-order valence-electron chi connectivity index (χ0n) is 7.81. The first kappa shape index (κ1) is 9.44. The van der Waals surface area contributed by atoms with Crippen molar-refractivity contribution in [3.05, 3.63) is 0 Å². The summed E-state index contributed by atoms with van der Waals surface area (Å²) in [6.45, 7) is 2.33. The summed E-state index contributed by atoms with van der Waals surface area (Å²) in [5.41, 5.74) is 0. The first-order valence-corrected chi connectivity index (χ1v) is 6.20. The third-order valence-electron chi connectivity index (χ3n) is 2.88. The van der Waals surface area contributed by atoms with Gasteiger partial charge >= 0.3 is 0 Å². The second kappa shape index (κ2) is 5.08. The molecule has 0 saturated heterocycles. The Hall–Kier alpha value is 0.350. The zero-order chi connectivity index (χ0) is 8.10. The molecule has 0 radical (unpaired) electrons. The number of hydrogen-bond acceptors (Lipinski definition) is 1. The summed E-state index contributed by atoms with van der Waals surface area (Å²) in [4.78, 5) is 0. The second-order valence-corrected chi connectivity index (χ2v) is 4.66. The Kier molecular flexibility index (Phi) is 4.36. The van der Waals surface area contributed by atoms with Crippen LogP contribution in [-0.2, 0) is 0 Å². The third kappa shape index (κ3) is 2.70. The minimum Gasteiger partial charge on any atom is -0.162 e. The van der Waals surface area contributed by atoms with Gasteiger partial charge in [-0.15, -0.1) is 0 Å². The van der Waals surface area contributed by atoms with E-state index >= 15 is 0 Å². The summed E-state index contributed by atoms with van der Waals surface area (Å²) >= 11 is 2.08. The van der Waals surface area contributed by atoms with Gasteiger partial charge in [-0.25, -0.2) is 0 Å². The molecule has 1 atom stereocenters. The zero-order valence-corrected chi connectivity index (χ0v) is 8.62. The fraction of sp³-hybridized carbons (Fsp3) is 1.00. The van der Waals surface area contributed by atoms with Crippen LogP contribution >= 0.6 is 11.8 Å². The third-order valence-corrected chi connectivity index (χ3v) is 4.20. The average Bonchev–Trinajstić information content (AvgIpc) is 2.09. The van der Waals surface area contributed by atoms with E-state index in [0.717, 1.165) is 11.2 Å². The molecule has 0 amide bonds. The van der Waals surface area contributed by atoms with Crippen molar-refractivity contribution in [3.8, 4) is 0 Å². The molecule has 1 rings (SSSR count). The SMILES string of the molecule is CCC(SC)C1CCCCC1. The minimum absolute atomic E-state index is 0.954. The Morgan fingerprint density at radius 3 is 2.36 bits per heavy atom. The molecule has 0 spiro atoms. The Labute approximate surface area is 75.1 Å². The van der Waals surface area contributed by atoms with Crippen LogP contribution in [0.15, 0.2) is 0 Å². The van der Waals surface area contributed by atoms with Crippen LogP contribution < -0.4 is 0 Å². The van der Waals surface area contributed by atoms with Crippen molar-refractivity contribution in [2.45, 2.75) is 50.7 Å². The van der Waals surface area contributed by atoms with Gasteiger partial charge in [0.15, 0.2) is 0 Å². The maximum absolute atomic E-state index is 2.33. The van der Waals surface area contributed by atoms with Crippen molar-refractivity contribution >= 4 is 11.8 Å². The molecular weight excluding hydrogens is 152 g/mol. The highest BCUT2D eigenvalue weighted by Gasteiger charge is 2.20. The lowest BCUT2D eigenvalue weighted by molar-refractivity contribution is 0.345. The fourth-order valence-electron chi connectivity index (χ4n) is 2.20. The Bertz CT molecular complexity index is 91.0. The topological polar surface area (TPSA) is 0 Å². The molecule has 1 unspecified atom stereocenters. The van der Waals surface area contributed by atoms with E-state index in [1.54, 1.807) is 0 Å². The smallest absolute Gasteiger partial charge is 0.00699 e. The summed E-state index contributed by atoms with van der Waals surface area (Å²) in [6, 6.07) is 0. The highest BCUT2D eigenvalue weighted by Crippen LogP contribution is 2.32. The van der Waals surface area contributed by atoms with Crippen molar-refractivity contribution < 1.29 is 0 Å². The number of rotatable bonds is 3. The molecule has 1 aliphatic rings. The monoisotopic (exact) mass is 172 g/mol. The van der Waals surface area contributed by atoms with E-state index in [1.807, 2.05) is 0 Å². The van der Waals surface area contributed by atoms with Crippen LogP contribution in [-0.4, -0.2) is 11.5 Å². The summed E-state index contributed by atoms with van der Waals surface area (Å²) in [5, 5.41) is 0.954. The van der Waals surface area contributed by atoms with Gasteiger partial charge in [-0.3, -0.25) is 0 Å². The van der Waals surface area contributed by atoms with Crippen LogP contribution in [0.2, 0.25) is 0 Å². The van der Waals surface area contributed by atoms with Crippen molar-refractivity contribution in [2.24, 2.45) is 5.92 Å². The average molecular weight is 172 g/mol. The van der Waals surface area contributed by atoms with Gasteiger partial charge in [0.25, 0.3) is 0 Å². The summed E-state index contributed by atoms with van der Waals surface area (Å²) in [5.74, 6) is 1.05. The molecule has 1 heteroatoms. The molecule has 0 aromatic heterocycles. The maximum atomic E-state index is 2.33. The van der Waals surface area contributed by atoms with E-state index in [2.05, 4.69) is 24.9 Å². The van der Waals surface area contributed by atoms with Crippen molar-refractivity contribution in [1.82, 2.24) is 0 Å². The molecule has 0 nitrogen and oxygen atoms in total. The molecule has 1 fully saturated rings. The molecule has 0 aliphatic heterocycles. The van der Waals surface area contributed by atoms with Gasteiger partial charge in [-0.05, 0) is 31.4 Å². The van der Waals surface area contributed by atoms with Gasteiger partial charge in [0.05, 0.1) is 0 Å². The maximum Gasteiger partial charge on any atom is 0.00699 e. The van der Waals surface area contributed by atoms with E-state index in [0.29, 0.717) is 0 Å². The first-order valence-electron chi connectivity index (χ1n) is 4.91. The van der Waals surface area contributed by atoms with Crippen molar-refractivity contribution in [2.75, 3.05) is 6.26 Å². The minimum atomic E-state index is 0.954. The van der Waals surface area contributed by atoms with Crippen LogP contribution in [0.25, 0.3) is 0 Å². The fourth-order valence-corrected chi connectivity index (χ4v) is 3.19. The summed E-state index contributed by atoms with van der Waals surface area (Å²) in [6.07, 6.45) is 11.1. The molecule has 0 aromatic rings. The first-order chi connectivity index (χ1) is 5.38. The van der Waals surface area contributed by atoms with E-state index in [-0.39, 0.29) is 0 Å². The van der Waals surface area contributed by atoms with Gasteiger partial charge in [-0.1, -0.05) is 26.2 Å². The summed E-state index contributed by atoms with van der Waals surface area (Å²) in [7, 11) is 0. The number of hydrogen-bond donors (Lipinski definition) is 0. The quantitative estimate of drug-likeness (QED) is 0.625. The van der Waals surface area contributed by atoms with Crippen LogP contribution in [0.4, 0.5) is 0 Å². The van der Waals surface area contributed by atoms with E-state index in [4.69, 9.17) is 0 Å². The molecule has 0 bridgehead atoms. The molecule has 0 heterocycles. The van der Waals surface area contributed by atoms with Crippen LogP contribution in [0, 0.1) is 5.92 Å². The van der Waals surface area contributed by atoms with Crippen LogP contribution in [0.5, 0.6) is 0 Å². The van der Waals surface area contributed by atoms with E-state index < -0.39 is 0 Å². The molecular formula is C10H20S. The molecule has 66 valence electrons. The van der Waals surface area contributed by atoms with E-state index in [9.17, 15) is 0 Å². The van der Waals surface area contributed by atoms with Gasteiger partial charge in [0, 0.05) is 5.25 Å². The predicted molar refractivity (Wildman–Crippen MR) is 54.2 cm³/mol. The van der Waals surface area contributed by atoms with E-state index in [1.165, 1.54) is 38.5 Å². The lowest BCUT2D eigenvalue weighted by Crippen LogP contribution is -2.18. The largest absolute Gasteiger partial charge is 0.162 e. The molecule has 0 aromatic carbocycles. The van der Waals surface area contributed by atoms with Crippen molar-refractivity contribution in [3.63, 3.8) is 0 Å². The standard InChI is InChI=1S/C10H20S/c1-3-10(11-2)9-7-5-4-6-8-9/h9-10H,3-8H2,1-2H3. The lowest BCUT2D eigenvalue weighted by atomic mass is 9.86. The Morgan fingerprint density at radius 1 is 1.27 bits per heavy atom. The number of thioether (sulfide) groups is 1. The van der Waals surface area contributed by atoms with Gasteiger partial charge in [0.1, 0.15) is 0 Å². The lowest BCUT2D eigenvalue weighted by Gasteiger charge is -2.28. The van der Waals surface area contributed by atoms with Crippen molar-refractivity contribution in [1.29, 1.82) is 0 Å². The Balaban J connectivity index is 2.30. The summed E-state index contributed by atoms with van der Waals surface area (Å²) < 4.78 is 0. The van der Waals surface area contributed by atoms with Gasteiger partial charge in [0.2, 0.25) is 0 Å². The van der Waals surface area contributed by atoms with Crippen LogP contribution in [0.1, 0.15) is 45.4 Å². The normalized spacial score (nSPS) is 23.5. The molecule has 0 N–H and O–H groups in total. The second-order valence-electron chi connectivity index (χ2n) is 3.58. The van der Waals surface area contributed by atoms with Crippen LogP contribution in [0.3, 0.4) is 0 Å². The Morgan fingerprint density at radius 2 is 1.91 bits per heavy atom. The highest BCUT2D eigenvalue weighted by atomic mass is 32.2. The molecule has 1 aliphatic carbocycles. The predicted octanol–water partition coefficient (Wildman–Crippen LogP) is 3.71. The van der Waals surface area contributed by atoms with Gasteiger partial charge in [-0.2, -0.15) is 11.8 Å². The molecule has 11 heavy (non-hydrogen) atoms.